The Bertz CT molecular complexity index is 234. The molecule has 1 heterocycles. The van der Waals surface area contributed by atoms with E-state index in [9.17, 15) is 0 Å². The van der Waals surface area contributed by atoms with E-state index in [2.05, 4.69) is 17.1 Å². The minimum absolute atomic E-state index is 0. The third-order valence-corrected chi connectivity index (χ3v) is 4.72. The molecule has 0 amide bonds. The lowest BCUT2D eigenvalue weighted by Crippen LogP contribution is -2.42. The van der Waals surface area contributed by atoms with Crippen LogP contribution < -0.4 is 5.32 Å². The number of hydrogen-bond acceptors (Lipinski definition) is 3. The lowest BCUT2D eigenvalue weighted by Gasteiger charge is -2.34. The number of rotatable bonds is 6. The van der Waals surface area contributed by atoms with Crippen molar-refractivity contribution in [2.75, 3.05) is 39.9 Å². The van der Waals surface area contributed by atoms with Crippen molar-refractivity contribution in [3.63, 3.8) is 0 Å². The van der Waals surface area contributed by atoms with E-state index < -0.39 is 0 Å². The van der Waals surface area contributed by atoms with Crippen molar-refractivity contribution >= 4 is 12.4 Å². The second kappa shape index (κ2) is 9.17. The summed E-state index contributed by atoms with van der Waals surface area (Å²) in [5.74, 6) is 1.83. The van der Waals surface area contributed by atoms with Gasteiger partial charge in [0.15, 0.2) is 0 Å². The predicted octanol–water partition coefficient (Wildman–Crippen LogP) is 2.54. The van der Waals surface area contributed by atoms with Crippen LogP contribution in [0.1, 0.15) is 39.0 Å². The molecule has 1 saturated heterocycles. The number of piperidine rings is 1. The van der Waals surface area contributed by atoms with Crippen molar-refractivity contribution in [2.45, 2.75) is 45.1 Å². The first-order valence-corrected chi connectivity index (χ1v) is 7.73. The van der Waals surface area contributed by atoms with Gasteiger partial charge in [0.1, 0.15) is 0 Å². The Morgan fingerprint density at radius 1 is 1.16 bits per heavy atom. The van der Waals surface area contributed by atoms with Crippen LogP contribution in [0.2, 0.25) is 0 Å². The summed E-state index contributed by atoms with van der Waals surface area (Å²) < 4.78 is 5.29. The number of nitrogens with zero attached hydrogens (tertiary/aromatic N) is 1. The van der Waals surface area contributed by atoms with Gasteiger partial charge in [0.05, 0.1) is 6.61 Å². The number of halogens is 1. The normalized spacial score (nSPS) is 28.6. The van der Waals surface area contributed by atoms with Crippen LogP contribution in [0, 0.1) is 11.8 Å². The summed E-state index contributed by atoms with van der Waals surface area (Å²) in [6.07, 6.45) is 6.92. The van der Waals surface area contributed by atoms with Crippen molar-refractivity contribution in [3.05, 3.63) is 0 Å². The van der Waals surface area contributed by atoms with Crippen molar-refractivity contribution in [1.29, 1.82) is 0 Å². The summed E-state index contributed by atoms with van der Waals surface area (Å²) in [5, 5.41) is 3.46. The minimum Gasteiger partial charge on any atom is -0.383 e. The predicted molar refractivity (Wildman–Crippen MR) is 83.1 cm³/mol. The molecule has 19 heavy (non-hydrogen) atoms. The Morgan fingerprint density at radius 2 is 1.89 bits per heavy atom. The van der Waals surface area contributed by atoms with E-state index in [1.54, 1.807) is 0 Å². The molecule has 0 bridgehead atoms. The zero-order valence-electron chi connectivity index (χ0n) is 12.6. The van der Waals surface area contributed by atoms with Gasteiger partial charge >= 0.3 is 0 Å². The van der Waals surface area contributed by atoms with E-state index >= 15 is 0 Å². The second-order valence-electron chi connectivity index (χ2n) is 6.25. The number of ether oxygens (including phenoxy) is 1. The summed E-state index contributed by atoms with van der Waals surface area (Å²) in [6, 6.07) is 0.824. The molecule has 2 unspecified atom stereocenters. The van der Waals surface area contributed by atoms with Gasteiger partial charge in [0.2, 0.25) is 0 Å². The molecule has 4 heteroatoms. The molecule has 0 radical (unpaired) electrons. The minimum atomic E-state index is 0. The third kappa shape index (κ3) is 5.58. The molecule has 0 aromatic rings. The Morgan fingerprint density at radius 3 is 2.47 bits per heavy atom. The average Bonchev–Trinajstić information content (AvgIpc) is 2.82. The molecule has 0 spiro atoms. The first kappa shape index (κ1) is 17.2. The highest BCUT2D eigenvalue weighted by molar-refractivity contribution is 5.85. The molecule has 2 rings (SSSR count). The van der Waals surface area contributed by atoms with Gasteiger partial charge in [-0.25, -0.2) is 0 Å². The van der Waals surface area contributed by atoms with E-state index in [1.807, 2.05) is 7.11 Å². The monoisotopic (exact) mass is 290 g/mol. The van der Waals surface area contributed by atoms with Crippen LogP contribution in [0.4, 0.5) is 0 Å². The highest BCUT2D eigenvalue weighted by Crippen LogP contribution is 2.30. The number of methoxy groups -OCH3 is 1. The molecule has 1 aliphatic heterocycles. The SMILES string of the molecule is COCCN(CC1CCNCC1)C1CCC(C)C1.Cl. The highest BCUT2D eigenvalue weighted by atomic mass is 35.5. The Kier molecular flexibility index (Phi) is 8.31. The van der Waals surface area contributed by atoms with E-state index in [4.69, 9.17) is 4.74 Å². The fourth-order valence-corrected chi connectivity index (χ4v) is 3.54. The average molecular weight is 291 g/mol. The molecular weight excluding hydrogens is 260 g/mol. The maximum Gasteiger partial charge on any atom is 0.0589 e. The van der Waals surface area contributed by atoms with Gasteiger partial charge in [-0.1, -0.05) is 6.92 Å². The van der Waals surface area contributed by atoms with Gasteiger partial charge in [-0.05, 0) is 57.0 Å². The van der Waals surface area contributed by atoms with Gasteiger partial charge < -0.3 is 10.1 Å². The zero-order chi connectivity index (χ0) is 12.8. The van der Waals surface area contributed by atoms with Gasteiger partial charge in [-0.2, -0.15) is 0 Å². The van der Waals surface area contributed by atoms with E-state index in [0.29, 0.717) is 0 Å². The van der Waals surface area contributed by atoms with Crippen molar-refractivity contribution in [2.24, 2.45) is 11.8 Å². The van der Waals surface area contributed by atoms with Crippen LogP contribution >= 0.6 is 12.4 Å². The molecule has 3 nitrogen and oxygen atoms in total. The molecule has 1 saturated carbocycles. The lowest BCUT2D eigenvalue weighted by molar-refractivity contribution is 0.0995. The molecule has 2 atom stereocenters. The van der Waals surface area contributed by atoms with Crippen LogP contribution in [-0.4, -0.2) is 50.8 Å². The lowest BCUT2D eigenvalue weighted by atomic mass is 9.96. The molecule has 2 fully saturated rings. The van der Waals surface area contributed by atoms with Crippen molar-refractivity contribution in [3.8, 4) is 0 Å². The van der Waals surface area contributed by atoms with Crippen LogP contribution in [0.15, 0.2) is 0 Å². The molecule has 2 aliphatic rings. The zero-order valence-corrected chi connectivity index (χ0v) is 13.4. The molecular formula is C15H31ClN2O. The number of nitrogens with one attached hydrogen (secondary N) is 1. The highest BCUT2D eigenvalue weighted by Gasteiger charge is 2.28. The van der Waals surface area contributed by atoms with Gasteiger partial charge in [0.25, 0.3) is 0 Å². The first-order chi connectivity index (χ1) is 8.79. The summed E-state index contributed by atoms with van der Waals surface area (Å²) in [4.78, 5) is 2.73. The summed E-state index contributed by atoms with van der Waals surface area (Å²) in [5.41, 5.74) is 0. The van der Waals surface area contributed by atoms with Crippen LogP contribution in [-0.2, 0) is 4.74 Å². The maximum absolute atomic E-state index is 5.29. The van der Waals surface area contributed by atoms with Crippen molar-refractivity contribution < 1.29 is 4.74 Å². The van der Waals surface area contributed by atoms with Crippen LogP contribution in [0.25, 0.3) is 0 Å². The Balaban J connectivity index is 0.00000180. The maximum atomic E-state index is 5.29. The fourth-order valence-electron chi connectivity index (χ4n) is 3.54. The van der Waals surface area contributed by atoms with Gasteiger partial charge in [0, 0.05) is 26.2 Å². The largest absolute Gasteiger partial charge is 0.383 e. The third-order valence-electron chi connectivity index (χ3n) is 4.72. The van der Waals surface area contributed by atoms with E-state index in [1.165, 1.54) is 51.7 Å². The smallest absolute Gasteiger partial charge is 0.0589 e. The van der Waals surface area contributed by atoms with Gasteiger partial charge in [-0.15, -0.1) is 12.4 Å². The summed E-state index contributed by atoms with van der Waals surface area (Å²) in [6.45, 7) is 8.13. The van der Waals surface area contributed by atoms with E-state index in [-0.39, 0.29) is 12.4 Å². The Labute approximate surface area is 124 Å². The molecule has 1 N–H and O–H groups in total. The van der Waals surface area contributed by atoms with Crippen molar-refractivity contribution in [1.82, 2.24) is 10.2 Å². The molecule has 114 valence electrons. The Hall–Kier alpha value is 0.170. The first-order valence-electron chi connectivity index (χ1n) is 7.73. The molecule has 1 aliphatic carbocycles. The molecule has 0 aromatic carbocycles. The second-order valence-corrected chi connectivity index (χ2v) is 6.25. The van der Waals surface area contributed by atoms with Gasteiger partial charge in [-0.3, -0.25) is 4.90 Å². The fraction of sp³-hybridized carbons (Fsp3) is 1.00. The quantitative estimate of drug-likeness (QED) is 0.814. The van der Waals surface area contributed by atoms with Crippen LogP contribution in [0.5, 0.6) is 0 Å². The van der Waals surface area contributed by atoms with Crippen LogP contribution in [0.3, 0.4) is 0 Å². The number of hydrogen-bond donors (Lipinski definition) is 1. The summed E-state index contributed by atoms with van der Waals surface area (Å²) in [7, 11) is 1.82. The summed E-state index contributed by atoms with van der Waals surface area (Å²) >= 11 is 0. The van der Waals surface area contributed by atoms with E-state index in [0.717, 1.165) is 31.0 Å². The topological polar surface area (TPSA) is 24.5 Å². The molecule has 0 aromatic heterocycles. The standard InChI is InChI=1S/C15H30N2O.ClH/c1-13-3-4-15(11-13)17(9-10-18-2)12-14-5-7-16-8-6-14;/h13-16H,3-12H2,1-2H3;1H.